The lowest BCUT2D eigenvalue weighted by molar-refractivity contribution is 0.102. The molecule has 3 aromatic rings. The van der Waals surface area contributed by atoms with Gasteiger partial charge >= 0.3 is 0 Å². The average molecular weight is 396 g/mol. The minimum atomic E-state index is 0.322. The number of para-hydroxylation sites is 2. The van der Waals surface area contributed by atoms with Gasteiger partial charge in [-0.1, -0.05) is 72.8 Å². The van der Waals surface area contributed by atoms with Crippen LogP contribution in [0.5, 0.6) is 11.5 Å². The lowest BCUT2D eigenvalue weighted by atomic mass is 10.3. The third-order valence-electron chi connectivity index (χ3n) is 3.59. The maximum atomic E-state index is 8.63. The molecule has 29 heavy (non-hydrogen) atoms. The number of hydrogen-bond acceptors (Lipinski definition) is 5. The van der Waals surface area contributed by atoms with Crippen molar-refractivity contribution in [2.75, 3.05) is 26.4 Å². The highest BCUT2D eigenvalue weighted by Gasteiger charge is 2.26. The Bertz CT molecular complexity index is 653. The van der Waals surface area contributed by atoms with Crippen molar-refractivity contribution in [2.45, 2.75) is 12.2 Å². The highest BCUT2D eigenvalue weighted by molar-refractivity contribution is 5.19. The zero-order valence-corrected chi connectivity index (χ0v) is 16.3. The second-order valence-electron chi connectivity index (χ2n) is 6.27. The van der Waals surface area contributed by atoms with Crippen LogP contribution in [0.2, 0.25) is 0 Å². The van der Waals surface area contributed by atoms with Gasteiger partial charge in [0.1, 0.15) is 23.7 Å². The molecule has 0 spiro atoms. The van der Waals surface area contributed by atoms with Crippen molar-refractivity contribution in [3.63, 3.8) is 0 Å². The molecule has 0 saturated carbocycles. The van der Waals surface area contributed by atoms with Crippen molar-refractivity contribution in [2.24, 2.45) is 0 Å². The molecule has 0 amide bonds. The molecule has 0 aliphatic carbocycles. The highest BCUT2D eigenvalue weighted by Crippen LogP contribution is 2.12. The fourth-order valence-electron chi connectivity index (χ4n) is 1.90. The minimum Gasteiger partial charge on any atom is -0.508 e. The number of phenolic OH excluding ortho intramolecular Hbond substituents is 2. The predicted octanol–water partition coefficient (Wildman–Crippen LogP) is 4.27. The molecule has 2 unspecified atom stereocenters. The summed E-state index contributed by atoms with van der Waals surface area (Å²) in [7, 11) is 0. The van der Waals surface area contributed by atoms with Crippen molar-refractivity contribution >= 4 is 0 Å². The summed E-state index contributed by atoms with van der Waals surface area (Å²) in [5, 5.41) is 17.3. The average Bonchev–Trinajstić information content (AvgIpc) is 3.68. The van der Waals surface area contributed by atoms with Crippen LogP contribution in [0.25, 0.3) is 0 Å². The predicted molar refractivity (Wildman–Crippen MR) is 113 cm³/mol. The SMILES string of the molecule is C(OCC1CO1)C1CO1.Oc1ccccc1.Oc1ccccc1.c1ccccc1. The van der Waals surface area contributed by atoms with Gasteiger partial charge in [0.2, 0.25) is 0 Å². The van der Waals surface area contributed by atoms with E-state index in [1.807, 2.05) is 48.5 Å². The Hall–Kier alpha value is -2.86. The summed E-state index contributed by atoms with van der Waals surface area (Å²) in [6, 6.07) is 29.4. The molecule has 2 saturated heterocycles. The molecule has 2 fully saturated rings. The van der Waals surface area contributed by atoms with Gasteiger partial charge in [0, 0.05) is 0 Å². The second kappa shape index (κ2) is 14.2. The monoisotopic (exact) mass is 396 g/mol. The van der Waals surface area contributed by atoms with Gasteiger partial charge in [0.05, 0.1) is 26.4 Å². The lowest BCUT2D eigenvalue weighted by Gasteiger charge is -1.95. The van der Waals surface area contributed by atoms with Crippen molar-refractivity contribution in [1.29, 1.82) is 0 Å². The van der Waals surface area contributed by atoms with Gasteiger partial charge in [0.25, 0.3) is 0 Å². The summed E-state index contributed by atoms with van der Waals surface area (Å²) >= 11 is 0. The van der Waals surface area contributed by atoms with E-state index in [0.29, 0.717) is 23.7 Å². The van der Waals surface area contributed by atoms with Crippen LogP contribution in [0.15, 0.2) is 97.1 Å². The van der Waals surface area contributed by atoms with Crippen LogP contribution in [0.1, 0.15) is 0 Å². The molecule has 0 aromatic heterocycles. The van der Waals surface area contributed by atoms with Crippen LogP contribution in [-0.4, -0.2) is 48.8 Å². The molecular formula is C24H28O5. The van der Waals surface area contributed by atoms with Crippen LogP contribution in [0, 0.1) is 0 Å². The maximum Gasteiger partial charge on any atom is 0.115 e. The molecule has 154 valence electrons. The van der Waals surface area contributed by atoms with Gasteiger partial charge < -0.3 is 24.4 Å². The van der Waals surface area contributed by atoms with Crippen LogP contribution in [0.4, 0.5) is 0 Å². The first-order chi connectivity index (χ1) is 14.2. The number of hydrogen-bond donors (Lipinski definition) is 2. The lowest BCUT2D eigenvalue weighted by Crippen LogP contribution is -2.06. The standard InChI is InChI=1S/C6H10O3.2C6H6O.C6H6/c1(5-3-8-5)7-2-6-4-9-6;2*7-6-4-2-1-3-5-6;1-2-4-6-5-3-1/h5-6H,1-4H2;2*1-5,7H;1-6H. The Kier molecular flexibility index (Phi) is 11.0. The largest absolute Gasteiger partial charge is 0.508 e. The molecule has 2 N–H and O–H groups in total. The number of benzene rings is 3. The van der Waals surface area contributed by atoms with Crippen LogP contribution in [0.3, 0.4) is 0 Å². The van der Waals surface area contributed by atoms with E-state index < -0.39 is 0 Å². The molecule has 2 aliphatic heterocycles. The first kappa shape index (κ1) is 22.4. The van der Waals surface area contributed by atoms with Gasteiger partial charge in [-0.15, -0.1) is 0 Å². The van der Waals surface area contributed by atoms with Crippen LogP contribution in [-0.2, 0) is 14.2 Å². The minimum absolute atomic E-state index is 0.322. The van der Waals surface area contributed by atoms with Crippen molar-refractivity contribution in [3.8, 4) is 11.5 Å². The summed E-state index contributed by atoms with van der Waals surface area (Å²) in [6.07, 6.45) is 0.785. The van der Waals surface area contributed by atoms with E-state index in [1.165, 1.54) is 0 Å². The Morgan fingerprint density at radius 2 is 0.862 bits per heavy atom. The normalized spacial score (nSPS) is 17.8. The smallest absolute Gasteiger partial charge is 0.115 e. The van der Waals surface area contributed by atoms with E-state index in [0.717, 1.165) is 26.4 Å². The summed E-state index contributed by atoms with van der Waals surface area (Å²) in [6.45, 7) is 3.26. The molecular weight excluding hydrogens is 368 g/mol. The van der Waals surface area contributed by atoms with Crippen molar-refractivity contribution < 1.29 is 24.4 Å². The van der Waals surface area contributed by atoms with Crippen molar-refractivity contribution in [3.05, 3.63) is 97.1 Å². The first-order valence-corrected chi connectivity index (χ1v) is 9.53. The summed E-state index contributed by atoms with van der Waals surface area (Å²) in [4.78, 5) is 0. The number of phenols is 2. The number of aromatic hydroxyl groups is 2. The Labute approximate surface area is 172 Å². The van der Waals surface area contributed by atoms with E-state index in [-0.39, 0.29) is 0 Å². The fraction of sp³-hybridized carbons (Fsp3) is 0.250. The Morgan fingerprint density at radius 3 is 1.07 bits per heavy atom. The van der Waals surface area contributed by atoms with Crippen LogP contribution >= 0.6 is 0 Å². The molecule has 3 aromatic carbocycles. The third-order valence-corrected chi connectivity index (χ3v) is 3.59. The van der Waals surface area contributed by atoms with E-state index in [1.54, 1.807) is 48.5 Å². The molecule has 0 bridgehead atoms. The zero-order valence-electron chi connectivity index (χ0n) is 16.3. The first-order valence-electron chi connectivity index (χ1n) is 9.53. The fourth-order valence-corrected chi connectivity index (χ4v) is 1.90. The molecule has 2 aliphatic rings. The number of rotatable bonds is 4. The molecule has 2 atom stereocenters. The topological polar surface area (TPSA) is 74.8 Å². The molecule has 5 rings (SSSR count). The van der Waals surface area contributed by atoms with E-state index in [9.17, 15) is 0 Å². The number of ether oxygens (including phenoxy) is 3. The van der Waals surface area contributed by atoms with Gasteiger partial charge in [-0.05, 0) is 24.3 Å². The summed E-state index contributed by atoms with van der Waals surface area (Å²) < 4.78 is 15.1. The molecule has 5 heteroatoms. The number of epoxide rings is 2. The maximum absolute atomic E-state index is 8.63. The summed E-state index contributed by atoms with van der Waals surface area (Å²) in [5.41, 5.74) is 0. The van der Waals surface area contributed by atoms with Crippen molar-refractivity contribution in [1.82, 2.24) is 0 Å². The van der Waals surface area contributed by atoms with E-state index >= 15 is 0 Å². The second-order valence-corrected chi connectivity index (χ2v) is 6.27. The van der Waals surface area contributed by atoms with Gasteiger partial charge in [-0.25, -0.2) is 0 Å². The quantitative estimate of drug-likeness (QED) is 0.644. The Morgan fingerprint density at radius 1 is 0.586 bits per heavy atom. The molecule has 5 nitrogen and oxygen atoms in total. The molecule has 2 heterocycles. The van der Waals surface area contributed by atoms with E-state index in [4.69, 9.17) is 24.4 Å². The molecule has 0 radical (unpaired) electrons. The van der Waals surface area contributed by atoms with Gasteiger partial charge in [-0.2, -0.15) is 0 Å². The van der Waals surface area contributed by atoms with Crippen LogP contribution < -0.4 is 0 Å². The summed E-state index contributed by atoms with van der Waals surface area (Å²) in [5.74, 6) is 0.644. The van der Waals surface area contributed by atoms with Gasteiger partial charge in [0.15, 0.2) is 0 Å². The third kappa shape index (κ3) is 13.9. The highest BCUT2D eigenvalue weighted by atomic mass is 16.6. The Balaban J connectivity index is 0.000000140. The zero-order chi connectivity index (χ0) is 20.6. The van der Waals surface area contributed by atoms with E-state index in [2.05, 4.69) is 0 Å². The van der Waals surface area contributed by atoms with Gasteiger partial charge in [-0.3, -0.25) is 0 Å².